The lowest BCUT2D eigenvalue weighted by atomic mass is 10.1. The molecule has 0 bridgehead atoms. The fourth-order valence-corrected chi connectivity index (χ4v) is 4.07. The molecule has 0 radical (unpaired) electrons. The fourth-order valence-electron chi connectivity index (χ4n) is 3.26. The molecular formula is C21H16F3N3OS. The molecule has 0 saturated heterocycles. The molecule has 0 fully saturated rings. The molecule has 29 heavy (non-hydrogen) atoms. The molecule has 4 rings (SSSR count). The van der Waals surface area contributed by atoms with Crippen LogP contribution in [0.3, 0.4) is 0 Å². The van der Waals surface area contributed by atoms with Crippen LogP contribution in [-0.2, 0) is 23.8 Å². The average molecular weight is 415 g/mol. The highest BCUT2D eigenvalue weighted by atomic mass is 32.1. The van der Waals surface area contributed by atoms with E-state index >= 15 is 0 Å². The molecular weight excluding hydrogens is 399 g/mol. The average Bonchev–Trinajstić information content (AvgIpc) is 3.28. The summed E-state index contributed by atoms with van der Waals surface area (Å²) in [6.45, 7) is 1.93. The van der Waals surface area contributed by atoms with E-state index in [1.807, 2.05) is 19.1 Å². The molecule has 1 aliphatic carbocycles. The van der Waals surface area contributed by atoms with Crippen LogP contribution >= 0.6 is 11.3 Å². The van der Waals surface area contributed by atoms with Crippen LogP contribution in [0.2, 0.25) is 0 Å². The number of allylic oxidation sites excluding steroid dienone is 1. The molecule has 3 aromatic rings. The molecule has 1 amide bonds. The van der Waals surface area contributed by atoms with Crippen LogP contribution < -0.4 is 5.32 Å². The minimum atomic E-state index is -4.39. The van der Waals surface area contributed by atoms with Gasteiger partial charge in [0.25, 0.3) is 0 Å². The van der Waals surface area contributed by atoms with Gasteiger partial charge in [-0.3, -0.25) is 9.78 Å². The summed E-state index contributed by atoms with van der Waals surface area (Å²) in [6, 6.07) is 6.52. The van der Waals surface area contributed by atoms with Crippen LogP contribution in [0, 0.1) is 6.92 Å². The van der Waals surface area contributed by atoms with Gasteiger partial charge >= 0.3 is 6.18 Å². The number of carbonyl (C=O) groups excluding carboxylic acids is 1. The smallest absolute Gasteiger partial charge is 0.325 e. The third-order valence-electron chi connectivity index (χ3n) is 4.61. The number of thiazole rings is 1. The lowest BCUT2D eigenvalue weighted by Crippen LogP contribution is -2.23. The molecule has 148 valence electrons. The van der Waals surface area contributed by atoms with Crippen molar-refractivity contribution in [1.82, 2.24) is 15.3 Å². The predicted molar refractivity (Wildman–Crippen MR) is 105 cm³/mol. The van der Waals surface area contributed by atoms with Crippen LogP contribution in [0.25, 0.3) is 16.1 Å². The highest BCUT2D eigenvalue weighted by Crippen LogP contribution is 2.36. The van der Waals surface area contributed by atoms with Crippen molar-refractivity contribution in [2.45, 2.75) is 25.9 Å². The zero-order valence-electron chi connectivity index (χ0n) is 15.4. The molecule has 1 aliphatic rings. The number of aryl methyl sites for hydroxylation is 1. The van der Waals surface area contributed by atoms with Gasteiger partial charge in [0.1, 0.15) is 0 Å². The summed E-state index contributed by atoms with van der Waals surface area (Å²) in [5, 5.41) is 3.83. The Labute approximate surface area is 169 Å². The quantitative estimate of drug-likeness (QED) is 0.667. The summed E-state index contributed by atoms with van der Waals surface area (Å²) in [7, 11) is 0. The van der Waals surface area contributed by atoms with Crippen LogP contribution in [0.5, 0.6) is 0 Å². The van der Waals surface area contributed by atoms with E-state index in [0.29, 0.717) is 17.7 Å². The number of amides is 1. The van der Waals surface area contributed by atoms with Crippen molar-refractivity contribution in [2.75, 3.05) is 0 Å². The first-order valence-corrected chi connectivity index (χ1v) is 9.70. The minimum absolute atomic E-state index is 0.0138. The third-order valence-corrected chi connectivity index (χ3v) is 5.55. The second-order valence-electron chi connectivity index (χ2n) is 6.67. The summed E-state index contributed by atoms with van der Waals surface area (Å²) >= 11 is 1.56. The number of rotatable bonds is 4. The number of benzene rings is 1. The van der Waals surface area contributed by atoms with Crippen molar-refractivity contribution in [3.05, 3.63) is 76.2 Å². The fraction of sp³-hybridized carbons (Fsp3) is 0.190. The van der Waals surface area contributed by atoms with Crippen LogP contribution in [0.1, 0.15) is 27.4 Å². The van der Waals surface area contributed by atoms with Gasteiger partial charge in [-0.2, -0.15) is 13.2 Å². The van der Waals surface area contributed by atoms with Gasteiger partial charge in [0.15, 0.2) is 0 Å². The zero-order valence-corrected chi connectivity index (χ0v) is 16.2. The number of carbonyl (C=O) groups is 1. The summed E-state index contributed by atoms with van der Waals surface area (Å²) in [6.07, 6.45) is 1.65. The van der Waals surface area contributed by atoms with E-state index in [-0.39, 0.29) is 12.3 Å². The zero-order chi connectivity index (χ0) is 20.6. The van der Waals surface area contributed by atoms with Crippen LogP contribution in [0.15, 0.2) is 48.8 Å². The van der Waals surface area contributed by atoms with Gasteiger partial charge in [0.05, 0.1) is 27.6 Å². The minimum Gasteiger partial charge on any atom is -0.325 e. The Kier molecular flexibility index (Phi) is 4.96. The highest BCUT2D eigenvalue weighted by Gasteiger charge is 2.30. The van der Waals surface area contributed by atoms with Gasteiger partial charge in [-0.15, -0.1) is 11.3 Å². The Morgan fingerprint density at radius 1 is 1.17 bits per heavy atom. The van der Waals surface area contributed by atoms with E-state index in [4.69, 9.17) is 0 Å². The Hall–Kier alpha value is -3.00. The van der Waals surface area contributed by atoms with Gasteiger partial charge in [0.2, 0.25) is 5.91 Å². The number of fused-ring (bicyclic) bond motifs is 1. The van der Waals surface area contributed by atoms with Gasteiger partial charge in [-0.25, -0.2) is 4.98 Å². The molecule has 0 aliphatic heterocycles. The van der Waals surface area contributed by atoms with E-state index in [0.717, 1.165) is 38.8 Å². The van der Waals surface area contributed by atoms with Crippen molar-refractivity contribution in [3.63, 3.8) is 0 Å². The molecule has 2 heterocycles. The number of pyridine rings is 1. The molecule has 8 heteroatoms. The second kappa shape index (κ2) is 7.44. The Bertz CT molecular complexity index is 1100. The van der Waals surface area contributed by atoms with E-state index in [1.165, 1.54) is 12.1 Å². The molecule has 0 spiro atoms. The summed E-state index contributed by atoms with van der Waals surface area (Å²) in [5.41, 5.74) is 3.16. The molecule has 0 unspecified atom stereocenters. The van der Waals surface area contributed by atoms with Gasteiger partial charge in [-0.1, -0.05) is 18.2 Å². The SMILES string of the molecule is Cc1ncc(-c2ccnc3c2C(NC(=O)Cc2ccc(C(F)(F)F)cc2)=CC3)s1. The van der Waals surface area contributed by atoms with Crippen LogP contribution in [0.4, 0.5) is 13.2 Å². The van der Waals surface area contributed by atoms with E-state index in [9.17, 15) is 18.0 Å². The number of nitrogens with one attached hydrogen (secondary N) is 1. The van der Waals surface area contributed by atoms with Crippen LogP contribution in [-0.4, -0.2) is 15.9 Å². The monoisotopic (exact) mass is 415 g/mol. The lowest BCUT2D eigenvalue weighted by Gasteiger charge is -2.12. The van der Waals surface area contributed by atoms with E-state index in [1.54, 1.807) is 23.7 Å². The summed E-state index contributed by atoms with van der Waals surface area (Å²) < 4.78 is 38.0. The molecule has 1 N–H and O–H groups in total. The predicted octanol–water partition coefficient (Wildman–Crippen LogP) is 4.79. The topological polar surface area (TPSA) is 54.9 Å². The van der Waals surface area contributed by atoms with Crippen molar-refractivity contribution < 1.29 is 18.0 Å². The number of aromatic nitrogens is 2. The standard InChI is InChI=1S/C21H16F3N3OS/c1-12-26-11-18(29-12)15-8-9-25-16-6-7-17(20(15)16)27-19(28)10-13-2-4-14(5-3-13)21(22,23)24/h2-5,7-9,11H,6,10H2,1H3,(H,27,28). The van der Waals surface area contributed by atoms with Crippen molar-refractivity contribution >= 4 is 22.9 Å². The summed E-state index contributed by atoms with van der Waals surface area (Å²) in [4.78, 5) is 22.2. The van der Waals surface area contributed by atoms with Crippen molar-refractivity contribution in [1.29, 1.82) is 0 Å². The maximum absolute atomic E-state index is 12.7. The largest absolute Gasteiger partial charge is 0.416 e. The number of hydrogen-bond donors (Lipinski definition) is 1. The van der Waals surface area contributed by atoms with Gasteiger partial charge in [-0.05, 0) is 30.7 Å². The van der Waals surface area contributed by atoms with E-state index < -0.39 is 11.7 Å². The summed E-state index contributed by atoms with van der Waals surface area (Å²) in [5.74, 6) is -0.292. The molecule has 4 nitrogen and oxygen atoms in total. The first-order valence-electron chi connectivity index (χ1n) is 8.88. The number of hydrogen-bond acceptors (Lipinski definition) is 4. The van der Waals surface area contributed by atoms with Crippen molar-refractivity contribution in [3.8, 4) is 10.4 Å². The Morgan fingerprint density at radius 3 is 2.59 bits per heavy atom. The van der Waals surface area contributed by atoms with Crippen molar-refractivity contribution in [2.24, 2.45) is 0 Å². The second-order valence-corrected chi connectivity index (χ2v) is 7.90. The third kappa shape index (κ3) is 4.07. The number of halogens is 3. The molecule has 1 aromatic carbocycles. The Morgan fingerprint density at radius 2 is 1.93 bits per heavy atom. The molecule has 2 aromatic heterocycles. The number of alkyl halides is 3. The lowest BCUT2D eigenvalue weighted by molar-refractivity contribution is -0.137. The normalized spacial score (nSPS) is 13.2. The first kappa shape index (κ1) is 19.3. The maximum Gasteiger partial charge on any atom is 0.416 e. The van der Waals surface area contributed by atoms with Gasteiger partial charge in [0, 0.05) is 35.6 Å². The maximum atomic E-state index is 12.7. The molecule has 0 atom stereocenters. The highest BCUT2D eigenvalue weighted by molar-refractivity contribution is 7.15. The van der Waals surface area contributed by atoms with Gasteiger partial charge < -0.3 is 5.32 Å². The Balaban J connectivity index is 1.52. The first-order chi connectivity index (χ1) is 13.8. The molecule has 0 saturated carbocycles. The number of nitrogens with zero attached hydrogens (tertiary/aromatic N) is 2. The van der Waals surface area contributed by atoms with E-state index in [2.05, 4.69) is 15.3 Å².